The average molecular weight is 382 g/mol. The quantitative estimate of drug-likeness (QED) is 0.759. The van der Waals surface area contributed by atoms with Gasteiger partial charge in [0.2, 0.25) is 0 Å². The normalized spacial score (nSPS) is 13.3. The van der Waals surface area contributed by atoms with Gasteiger partial charge in [-0.2, -0.15) is 0 Å². The van der Waals surface area contributed by atoms with Crippen molar-refractivity contribution in [2.75, 3.05) is 28.4 Å². The van der Waals surface area contributed by atoms with Crippen molar-refractivity contribution in [3.05, 3.63) is 58.2 Å². The van der Waals surface area contributed by atoms with Crippen LogP contribution in [0.4, 0.5) is 0 Å². The molecule has 0 saturated carbocycles. The van der Waals surface area contributed by atoms with Crippen molar-refractivity contribution in [1.82, 2.24) is 0 Å². The smallest absolute Gasteiger partial charge is 0.190 e. The summed E-state index contributed by atoms with van der Waals surface area (Å²) in [7, 11) is 6.11. The molecule has 1 aliphatic carbocycles. The highest BCUT2D eigenvalue weighted by atomic mass is 16.5. The summed E-state index contributed by atoms with van der Waals surface area (Å²) in [5.74, 6) is 1.67. The SMILES string of the molecule is COc1ccc(OC)c(CC2=C(C)C(=O)c3cc(OC)c(OC)cc3C2=O)c1. The van der Waals surface area contributed by atoms with Crippen LogP contribution in [0.2, 0.25) is 0 Å². The molecule has 0 amide bonds. The lowest BCUT2D eigenvalue weighted by atomic mass is 9.82. The zero-order valence-electron chi connectivity index (χ0n) is 16.5. The summed E-state index contributed by atoms with van der Waals surface area (Å²) in [6.07, 6.45) is 0.255. The highest BCUT2D eigenvalue weighted by Gasteiger charge is 2.32. The van der Waals surface area contributed by atoms with Gasteiger partial charge in [0.15, 0.2) is 23.1 Å². The van der Waals surface area contributed by atoms with Gasteiger partial charge in [-0.1, -0.05) is 0 Å². The van der Waals surface area contributed by atoms with Crippen LogP contribution in [0.15, 0.2) is 41.5 Å². The predicted octanol–water partition coefficient (Wildman–Crippen LogP) is 3.66. The molecular formula is C22H22O6. The van der Waals surface area contributed by atoms with Gasteiger partial charge in [0.25, 0.3) is 0 Å². The van der Waals surface area contributed by atoms with Crippen LogP contribution in [-0.4, -0.2) is 40.0 Å². The number of benzene rings is 2. The molecule has 6 heteroatoms. The molecule has 0 saturated heterocycles. The van der Waals surface area contributed by atoms with Crippen molar-refractivity contribution in [2.24, 2.45) is 0 Å². The van der Waals surface area contributed by atoms with Crippen molar-refractivity contribution in [3.63, 3.8) is 0 Å². The average Bonchev–Trinajstić information content (AvgIpc) is 2.73. The van der Waals surface area contributed by atoms with Crippen LogP contribution < -0.4 is 18.9 Å². The van der Waals surface area contributed by atoms with Gasteiger partial charge >= 0.3 is 0 Å². The highest BCUT2D eigenvalue weighted by molar-refractivity contribution is 6.27. The molecule has 2 aromatic carbocycles. The van der Waals surface area contributed by atoms with Crippen molar-refractivity contribution >= 4 is 11.6 Å². The van der Waals surface area contributed by atoms with E-state index in [2.05, 4.69) is 0 Å². The van der Waals surface area contributed by atoms with E-state index < -0.39 is 0 Å². The van der Waals surface area contributed by atoms with Crippen LogP contribution in [0.1, 0.15) is 33.2 Å². The van der Waals surface area contributed by atoms with E-state index in [9.17, 15) is 9.59 Å². The lowest BCUT2D eigenvalue weighted by Crippen LogP contribution is -2.22. The van der Waals surface area contributed by atoms with Crippen molar-refractivity contribution in [1.29, 1.82) is 0 Å². The molecule has 0 spiro atoms. The van der Waals surface area contributed by atoms with Crippen molar-refractivity contribution in [3.8, 4) is 23.0 Å². The second kappa shape index (κ2) is 7.76. The molecule has 2 aromatic rings. The number of ketones is 2. The first-order chi connectivity index (χ1) is 13.4. The minimum Gasteiger partial charge on any atom is -0.497 e. The van der Waals surface area contributed by atoms with Gasteiger partial charge in [-0.05, 0) is 37.3 Å². The molecule has 0 atom stereocenters. The summed E-state index contributed by atoms with van der Waals surface area (Å²) in [6, 6.07) is 8.48. The molecular weight excluding hydrogens is 360 g/mol. The van der Waals surface area contributed by atoms with Crippen LogP contribution in [0, 0.1) is 0 Å². The first kappa shape index (κ1) is 19.5. The third kappa shape index (κ3) is 3.22. The Morgan fingerprint density at radius 2 is 1.29 bits per heavy atom. The molecule has 146 valence electrons. The van der Waals surface area contributed by atoms with Crippen LogP contribution in [-0.2, 0) is 6.42 Å². The molecule has 0 aromatic heterocycles. The van der Waals surface area contributed by atoms with Gasteiger partial charge in [-0.15, -0.1) is 0 Å². The number of rotatable bonds is 6. The summed E-state index contributed by atoms with van der Waals surface area (Å²) >= 11 is 0. The van der Waals surface area contributed by atoms with Crippen molar-refractivity contribution in [2.45, 2.75) is 13.3 Å². The lowest BCUT2D eigenvalue weighted by molar-refractivity contribution is 0.0972. The fraction of sp³-hybridized carbons (Fsp3) is 0.273. The lowest BCUT2D eigenvalue weighted by Gasteiger charge is -2.21. The summed E-state index contributed by atoms with van der Waals surface area (Å²) in [5.41, 5.74) is 2.23. The number of hydrogen-bond donors (Lipinski definition) is 0. The zero-order chi connectivity index (χ0) is 20.4. The number of carbonyl (C=O) groups is 2. The fourth-order valence-electron chi connectivity index (χ4n) is 3.35. The first-order valence-electron chi connectivity index (χ1n) is 8.71. The van der Waals surface area contributed by atoms with E-state index in [-0.39, 0.29) is 18.0 Å². The third-order valence-corrected chi connectivity index (χ3v) is 4.94. The summed E-state index contributed by atoms with van der Waals surface area (Å²) in [5, 5.41) is 0. The Labute approximate surface area is 163 Å². The van der Waals surface area contributed by atoms with E-state index in [0.717, 1.165) is 5.56 Å². The molecule has 3 rings (SSSR count). The van der Waals surface area contributed by atoms with E-state index in [0.29, 0.717) is 45.3 Å². The molecule has 6 nitrogen and oxygen atoms in total. The van der Waals surface area contributed by atoms with Crippen LogP contribution in [0.3, 0.4) is 0 Å². The maximum absolute atomic E-state index is 13.2. The molecule has 0 heterocycles. The van der Waals surface area contributed by atoms with E-state index >= 15 is 0 Å². The number of Topliss-reactive ketones (excluding diaryl/α,β-unsaturated/α-hetero) is 2. The molecule has 0 radical (unpaired) electrons. The summed E-state index contributed by atoms with van der Waals surface area (Å²) in [6.45, 7) is 1.67. The van der Waals surface area contributed by atoms with E-state index in [1.807, 2.05) is 0 Å². The van der Waals surface area contributed by atoms with E-state index in [1.54, 1.807) is 51.5 Å². The second-order valence-electron chi connectivity index (χ2n) is 6.37. The van der Waals surface area contributed by atoms with Gasteiger partial charge in [0, 0.05) is 34.3 Å². The monoisotopic (exact) mass is 382 g/mol. The molecule has 0 fully saturated rings. The Hall–Kier alpha value is -3.28. The molecule has 0 aliphatic heterocycles. The molecule has 0 unspecified atom stereocenters. The number of fused-ring (bicyclic) bond motifs is 1. The largest absolute Gasteiger partial charge is 0.497 e. The Morgan fingerprint density at radius 1 is 0.714 bits per heavy atom. The molecule has 0 N–H and O–H groups in total. The Kier molecular flexibility index (Phi) is 5.40. The van der Waals surface area contributed by atoms with E-state index in [1.165, 1.54) is 14.2 Å². The van der Waals surface area contributed by atoms with Gasteiger partial charge in [-0.25, -0.2) is 0 Å². The molecule has 0 bridgehead atoms. The topological polar surface area (TPSA) is 71.1 Å². The van der Waals surface area contributed by atoms with Crippen LogP contribution in [0.25, 0.3) is 0 Å². The number of hydrogen-bond acceptors (Lipinski definition) is 6. The maximum atomic E-state index is 13.2. The highest BCUT2D eigenvalue weighted by Crippen LogP contribution is 2.37. The third-order valence-electron chi connectivity index (χ3n) is 4.94. The number of carbonyl (C=O) groups excluding carboxylic acids is 2. The maximum Gasteiger partial charge on any atom is 0.190 e. The van der Waals surface area contributed by atoms with Crippen LogP contribution >= 0.6 is 0 Å². The first-order valence-corrected chi connectivity index (χ1v) is 8.71. The van der Waals surface area contributed by atoms with Gasteiger partial charge in [0.1, 0.15) is 11.5 Å². The zero-order valence-corrected chi connectivity index (χ0v) is 16.5. The van der Waals surface area contributed by atoms with Gasteiger partial charge in [0.05, 0.1) is 28.4 Å². The van der Waals surface area contributed by atoms with Crippen molar-refractivity contribution < 1.29 is 28.5 Å². The molecule has 1 aliphatic rings. The fourth-order valence-corrected chi connectivity index (χ4v) is 3.35. The Bertz CT molecular complexity index is 987. The predicted molar refractivity (Wildman–Crippen MR) is 104 cm³/mol. The molecule has 28 heavy (non-hydrogen) atoms. The van der Waals surface area contributed by atoms with Gasteiger partial charge in [-0.3, -0.25) is 9.59 Å². The summed E-state index contributed by atoms with van der Waals surface area (Å²) < 4.78 is 21.2. The number of methoxy groups -OCH3 is 4. The number of allylic oxidation sites excluding steroid dienone is 2. The van der Waals surface area contributed by atoms with Gasteiger partial charge < -0.3 is 18.9 Å². The Morgan fingerprint density at radius 3 is 1.82 bits per heavy atom. The Balaban J connectivity index is 2.09. The minimum absolute atomic E-state index is 0.201. The number of ether oxygens (including phenoxy) is 4. The standard InChI is InChI=1S/C22H22O6/c1-12-15(9-13-8-14(25-2)6-7-18(13)26-3)22(24)17-11-20(28-5)19(27-4)10-16(17)21(12)23/h6-8,10-11H,9H2,1-5H3. The summed E-state index contributed by atoms with van der Waals surface area (Å²) in [4.78, 5) is 26.2. The minimum atomic E-state index is -0.210. The van der Waals surface area contributed by atoms with Crippen LogP contribution in [0.5, 0.6) is 23.0 Å². The second-order valence-corrected chi connectivity index (χ2v) is 6.37. The van der Waals surface area contributed by atoms with E-state index in [4.69, 9.17) is 18.9 Å².